The van der Waals surface area contributed by atoms with E-state index in [2.05, 4.69) is 19.1 Å². The summed E-state index contributed by atoms with van der Waals surface area (Å²) in [6, 6.07) is 0. The Balaban J connectivity index is 2.47. The molecule has 0 N–H and O–H groups in total. The third-order valence-electron chi connectivity index (χ3n) is 1.94. The first-order valence-corrected chi connectivity index (χ1v) is 4.04. The van der Waals surface area contributed by atoms with Crippen LogP contribution in [0.3, 0.4) is 0 Å². The molecule has 1 atom stereocenters. The Morgan fingerprint density at radius 1 is 1.70 bits per heavy atom. The Bertz CT molecular complexity index is 147. The molecule has 0 aromatic rings. The fourth-order valence-electron chi connectivity index (χ4n) is 1.35. The molecule has 1 unspecified atom stereocenters. The zero-order valence-corrected chi connectivity index (χ0v) is 6.47. The first kappa shape index (κ1) is 7.52. The van der Waals surface area contributed by atoms with E-state index in [9.17, 15) is 4.79 Å². The van der Waals surface area contributed by atoms with E-state index >= 15 is 0 Å². The van der Waals surface area contributed by atoms with Crippen LogP contribution >= 0.6 is 0 Å². The van der Waals surface area contributed by atoms with Gasteiger partial charge in [-0.25, -0.2) is 0 Å². The van der Waals surface area contributed by atoms with E-state index in [4.69, 9.17) is 0 Å². The van der Waals surface area contributed by atoms with Crippen molar-refractivity contribution in [3.8, 4) is 0 Å². The van der Waals surface area contributed by atoms with Crippen LogP contribution in [-0.2, 0) is 4.79 Å². The fraction of sp³-hybridized carbons (Fsp3) is 0.667. The number of hydrogen-bond acceptors (Lipinski definition) is 1. The highest BCUT2D eigenvalue weighted by atomic mass is 16.1. The van der Waals surface area contributed by atoms with Crippen LogP contribution in [0.2, 0.25) is 0 Å². The van der Waals surface area contributed by atoms with Crippen molar-refractivity contribution in [1.82, 2.24) is 0 Å². The molecule has 0 saturated heterocycles. The van der Waals surface area contributed by atoms with Crippen molar-refractivity contribution in [3.05, 3.63) is 12.2 Å². The highest BCUT2D eigenvalue weighted by Crippen LogP contribution is 2.17. The Morgan fingerprint density at radius 2 is 2.50 bits per heavy atom. The average Bonchev–Trinajstić information content (AvgIpc) is 1.94. The topological polar surface area (TPSA) is 17.1 Å². The van der Waals surface area contributed by atoms with Gasteiger partial charge in [-0.1, -0.05) is 25.5 Å². The number of allylic oxidation sites excluding steroid dienone is 2. The van der Waals surface area contributed by atoms with E-state index in [1.54, 1.807) is 0 Å². The molecule has 0 saturated carbocycles. The van der Waals surface area contributed by atoms with Crippen molar-refractivity contribution >= 4 is 5.78 Å². The predicted molar refractivity (Wildman–Crippen MR) is 41.8 cm³/mol. The van der Waals surface area contributed by atoms with Gasteiger partial charge in [0.25, 0.3) is 0 Å². The molecule has 0 spiro atoms. The molecule has 1 aliphatic carbocycles. The molecule has 56 valence electrons. The van der Waals surface area contributed by atoms with Crippen molar-refractivity contribution in [2.45, 2.75) is 32.6 Å². The molecule has 0 radical (unpaired) electrons. The summed E-state index contributed by atoms with van der Waals surface area (Å²) in [6.45, 7) is 2.12. The lowest BCUT2D eigenvalue weighted by atomic mass is 9.91. The van der Waals surface area contributed by atoms with Crippen LogP contribution < -0.4 is 0 Å². The Labute approximate surface area is 62.1 Å². The fourth-order valence-corrected chi connectivity index (χ4v) is 1.35. The van der Waals surface area contributed by atoms with E-state index in [1.165, 1.54) is 0 Å². The van der Waals surface area contributed by atoms with Gasteiger partial charge in [0.1, 0.15) is 5.78 Å². The number of Topliss-reactive ketones (excluding diaryl/α,β-unsaturated/α-hetero) is 1. The highest BCUT2D eigenvalue weighted by Gasteiger charge is 2.15. The minimum atomic E-state index is 0.249. The molecule has 1 heteroatoms. The van der Waals surface area contributed by atoms with Crippen LogP contribution in [0, 0.1) is 5.92 Å². The van der Waals surface area contributed by atoms with Gasteiger partial charge in [0.05, 0.1) is 0 Å². The lowest BCUT2D eigenvalue weighted by Crippen LogP contribution is -2.14. The monoisotopic (exact) mass is 138 g/mol. The summed E-state index contributed by atoms with van der Waals surface area (Å²) in [7, 11) is 0. The third-order valence-corrected chi connectivity index (χ3v) is 1.94. The van der Waals surface area contributed by atoms with Gasteiger partial charge < -0.3 is 0 Å². The summed E-state index contributed by atoms with van der Waals surface area (Å²) in [6.07, 6.45) is 8.06. The van der Waals surface area contributed by atoms with E-state index in [1.807, 2.05) is 0 Å². The van der Waals surface area contributed by atoms with E-state index < -0.39 is 0 Å². The largest absolute Gasteiger partial charge is 0.299 e. The molecule has 1 nitrogen and oxygen atoms in total. The number of carbonyl (C=O) groups excluding carboxylic acids is 1. The van der Waals surface area contributed by atoms with Crippen LogP contribution in [0.4, 0.5) is 0 Å². The van der Waals surface area contributed by atoms with Gasteiger partial charge >= 0.3 is 0 Å². The molecule has 10 heavy (non-hydrogen) atoms. The number of hydrogen-bond donors (Lipinski definition) is 0. The molecule has 0 aliphatic heterocycles. The summed E-state index contributed by atoms with van der Waals surface area (Å²) >= 11 is 0. The average molecular weight is 138 g/mol. The van der Waals surface area contributed by atoms with Crippen molar-refractivity contribution < 1.29 is 4.79 Å². The first-order valence-electron chi connectivity index (χ1n) is 4.04. The van der Waals surface area contributed by atoms with Gasteiger partial charge in [-0.3, -0.25) is 4.79 Å². The van der Waals surface area contributed by atoms with E-state index in [-0.39, 0.29) is 5.92 Å². The molecule has 1 aliphatic rings. The molecular weight excluding hydrogens is 124 g/mol. The van der Waals surface area contributed by atoms with Gasteiger partial charge in [-0.2, -0.15) is 0 Å². The lowest BCUT2D eigenvalue weighted by molar-refractivity contribution is -0.121. The Hall–Kier alpha value is -0.590. The van der Waals surface area contributed by atoms with Gasteiger partial charge in [-0.15, -0.1) is 0 Å². The maximum absolute atomic E-state index is 11.1. The molecule has 0 aromatic heterocycles. The molecular formula is C9H14O. The Morgan fingerprint density at radius 3 is 3.10 bits per heavy atom. The maximum atomic E-state index is 11.1. The van der Waals surface area contributed by atoms with Crippen molar-refractivity contribution in [2.24, 2.45) is 5.92 Å². The van der Waals surface area contributed by atoms with Crippen LogP contribution in [-0.4, -0.2) is 5.78 Å². The van der Waals surface area contributed by atoms with Crippen molar-refractivity contribution in [1.29, 1.82) is 0 Å². The van der Waals surface area contributed by atoms with E-state index in [0.717, 1.165) is 25.7 Å². The first-order chi connectivity index (χ1) is 4.84. The van der Waals surface area contributed by atoms with Crippen molar-refractivity contribution in [3.63, 3.8) is 0 Å². The molecule has 0 bridgehead atoms. The van der Waals surface area contributed by atoms with Crippen LogP contribution in [0.25, 0.3) is 0 Å². The summed E-state index contributed by atoms with van der Waals surface area (Å²) in [5.74, 6) is 0.683. The highest BCUT2D eigenvalue weighted by molar-refractivity contribution is 5.83. The minimum Gasteiger partial charge on any atom is -0.299 e. The maximum Gasteiger partial charge on any atom is 0.140 e. The van der Waals surface area contributed by atoms with Gasteiger partial charge in [0.2, 0.25) is 0 Å². The summed E-state index contributed by atoms with van der Waals surface area (Å²) < 4.78 is 0. The predicted octanol–water partition coefficient (Wildman–Crippen LogP) is 2.32. The second-order valence-corrected chi connectivity index (χ2v) is 2.83. The molecule has 0 amide bonds. The molecule has 0 aromatic carbocycles. The second kappa shape index (κ2) is 3.55. The molecule has 0 fully saturated rings. The summed E-state index contributed by atoms with van der Waals surface area (Å²) in [5, 5.41) is 0. The molecule has 1 rings (SSSR count). The number of carbonyl (C=O) groups is 1. The Kier molecular flexibility index (Phi) is 2.67. The van der Waals surface area contributed by atoms with Gasteiger partial charge in [0, 0.05) is 12.3 Å². The minimum absolute atomic E-state index is 0.249. The van der Waals surface area contributed by atoms with Gasteiger partial charge in [-0.05, 0) is 12.8 Å². The van der Waals surface area contributed by atoms with E-state index in [0.29, 0.717) is 5.78 Å². The lowest BCUT2D eigenvalue weighted by Gasteiger charge is -2.13. The summed E-state index contributed by atoms with van der Waals surface area (Å²) in [5.41, 5.74) is 0. The summed E-state index contributed by atoms with van der Waals surface area (Å²) in [4.78, 5) is 11.1. The number of ketones is 1. The normalized spacial score (nSPS) is 25.3. The zero-order valence-electron chi connectivity index (χ0n) is 6.47. The number of rotatable bonds is 2. The SMILES string of the molecule is CCCC1C=CCCC1=O. The van der Waals surface area contributed by atoms with Crippen LogP contribution in [0.1, 0.15) is 32.6 Å². The van der Waals surface area contributed by atoms with Crippen LogP contribution in [0.15, 0.2) is 12.2 Å². The standard InChI is InChI=1S/C9H14O/c1-2-5-8-6-3-4-7-9(8)10/h3,6,8H,2,4-5,7H2,1H3. The van der Waals surface area contributed by atoms with Crippen LogP contribution in [0.5, 0.6) is 0 Å². The van der Waals surface area contributed by atoms with Crippen molar-refractivity contribution in [2.75, 3.05) is 0 Å². The quantitative estimate of drug-likeness (QED) is 0.535. The van der Waals surface area contributed by atoms with Gasteiger partial charge in [0.15, 0.2) is 0 Å². The zero-order chi connectivity index (χ0) is 7.40. The molecule has 0 heterocycles. The second-order valence-electron chi connectivity index (χ2n) is 2.83. The third kappa shape index (κ3) is 1.69. The smallest absolute Gasteiger partial charge is 0.140 e.